The van der Waals surface area contributed by atoms with Crippen LogP contribution in [0, 0.1) is 5.82 Å². The lowest BCUT2D eigenvalue weighted by Crippen LogP contribution is -2.37. The maximum atomic E-state index is 13.3. The quantitative estimate of drug-likeness (QED) is 0.603. The first-order chi connectivity index (χ1) is 13.8. The van der Waals surface area contributed by atoms with E-state index < -0.39 is 16.5 Å². The summed E-state index contributed by atoms with van der Waals surface area (Å²) in [6.45, 7) is 1.89. The highest BCUT2D eigenvalue weighted by Crippen LogP contribution is 2.40. The number of pyridine rings is 1. The number of hydrogen-bond donors (Lipinski definition) is 3. The minimum atomic E-state index is -2.43. The average Bonchev–Trinajstić information content (AvgIpc) is 2.69. The third-order valence-electron chi connectivity index (χ3n) is 5.16. The summed E-state index contributed by atoms with van der Waals surface area (Å²) < 4.78 is 32.9. The zero-order chi connectivity index (χ0) is 20.6. The monoisotopic (exact) mass is 415 g/mol. The Kier molecular flexibility index (Phi) is 5.26. The Morgan fingerprint density at radius 3 is 2.45 bits per heavy atom. The van der Waals surface area contributed by atoms with Crippen molar-refractivity contribution in [3.05, 3.63) is 65.6 Å². The molecule has 1 aliphatic rings. The van der Waals surface area contributed by atoms with Gasteiger partial charge in [-0.25, -0.2) is 9.37 Å². The number of rotatable bonds is 4. The second kappa shape index (κ2) is 7.72. The van der Waals surface area contributed by atoms with Crippen LogP contribution in [0.3, 0.4) is 0 Å². The van der Waals surface area contributed by atoms with Crippen molar-refractivity contribution in [1.29, 1.82) is 0 Å². The fourth-order valence-electron chi connectivity index (χ4n) is 3.55. The molecular weight excluding hydrogens is 393 g/mol. The molecule has 0 atom stereocenters. The molecule has 0 unspecified atom stereocenters. The standard InChI is InChI=1S/C21H22FN3O3S/c22-16-4-2-15(3-5-16)18-12-20(21(23)26)24-19-11-14(1-6-17(18)19)13-25-7-9-29(27,28)10-8-25/h1-6,11-12,27-28H,7-10,13H2,(H2,23,26). The van der Waals surface area contributed by atoms with E-state index in [9.17, 15) is 18.3 Å². The van der Waals surface area contributed by atoms with Gasteiger partial charge in [0.15, 0.2) is 0 Å². The fourth-order valence-corrected chi connectivity index (χ4v) is 4.85. The molecule has 1 amide bonds. The second-order valence-electron chi connectivity index (χ2n) is 7.26. The van der Waals surface area contributed by atoms with Crippen LogP contribution >= 0.6 is 10.6 Å². The van der Waals surface area contributed by atoms with Crippen molar-refractivity contribution >= 4 is 27.4 Å². The maximum absolute atomic E-state index is 13.3. The van der Waals surface area contributed by atoms with Crippen molar-refractivity contribution in [3.63, 3.8) is 0 Å². The summed E-state index contributed by atoms with van der Waals surface area (Å²) in [6.07, 6.45) is 0. The Labute approximate surface area is 169 Å². The number of amides is 1. The molecule has 152 valence electrons. The highest BCUT2D eigenvalue weighted by atomic mass is 32.3. The normalized spacial score (nSPS) is 17.9. The molecule has 0 aliphatic carbocycles. The molecule has 2 aromatic carbocycles. The Morgan fingerprint density at radius 1 is 1.10 bits per heavy atom. The largest absolute Gasteiger partial charge is 0.364 e. The third kappa shape index (κ3) is 4.40. The van der Waals surface area contributed by atoms with Crippen LogP contribution in [0.5, 0.6) is 0 Å². The molecule has 4 rings (SSSR count). The number of primary amides is 1. The predicted molar refractivity (Wildman–Crippen MR) is 114 cm³/mol. The molecule has 8 heteroatoms. The van der Waals surface area contributed by atoms with Crippen LogP contribution in [0.15, 0.2) is 48.5 Å². The SMILES string of the molecule is NC(=O)c1cc(-c2ccc(F)cc2)c2ccc(CN3CCS(O)(O)CC3)cc2n1. The van der Waals surface area contributed by atoms with Crippen molar-refractivity contribution in [2.24, 2.45) is 5.73 Å². The van der Waals surface area contributed by atoms with Crippen LogP contribution in [0.2, 0.25) is 0 Å². The van der Waals surface area contributed by atoms with E-state index in [1.165, 1.54) is 12.1 Å². The van der Waals surface area contributed by atoms with E-state index in [1.807, 2.05) is 18.2 Å². The van der Waals surface area contributed by atoms with Gasteiger partial charge < -0.3 is 5.73 Å². The molecule has 4 N–H and O–H groups in total. The lowest BCUT2D eigenvalue weighted by Gasteiger charge is -2.41. The molecule has 1 aromatic heterocycles. The smallest absolute Gasteiger partial charge is 0.267 e. The number of halogens is 1. The molecule has 2 heterocycles. The van der Waals surface area contributed by atoms with E-state index in [2.05, 4.69) is 9.88 Å². The first-order valence-electron chi connectivity index (χ1n) is 9.26. The molecule has 0 saturated carbocycles. The van der Waals surface area contributed by atoms with E-state index >= 15 is 0 Å². The molecule has 0 radical (unpaired) electrons. The van der Waals surface area contributed by atoms with Crippen molar-refractivity contribution in [3.8, 4) is 11.1 Å². The van der Waals surface area contributed by atoms with Crippen molar-refractivity contribution in [1.82, 2.24) is 9.88 Å². The summed E-state index contributed by atoms with van der Waals surface area (Å²) in [5.41, 5.74) is 8.81. The minimum absolute atomic E-state index is 0.154. The van der Waals surface area contributed by atoms with Gasteiger partial charge in [0.25, 0.3) is 5.91 Å². The zero-order valence-corrected chi connectivity index (χ0v) is 16.5. The number of fused-ring (bicyclic) bond motifs is 1. The second-order valence-corrected chi connectivity index (χ2v) is 9.69. The number of nitrogens with zero attached hydrogens (tertiary/aromatic N) is 2. The molecule has 29 heavy (non-hydrogen) atoms. The lowest BCUT2D eigenvalue weighted by molar-refractivity contribution is 0.0996. The van der Waals surface area contributed by atoms with Crippen LogP contribution in [0.1, 0.15) is 16.1 Å². The molecule has 3 aromatic rings. The van der Waals surface area contributed by atoms with Gasteiger partial charge in [-0.15, -0.1) is 0 Å². The molecule has 1 saturated heterocycles. The number of benzene rings is 2. The van der Waals surface area contributed by atoms with Crippen LogP contribution in [-0.4, -0.2) is 49.5 Å². The first kappa shape index (κ1) is 19.8. The molecule has 6 nitrogen and oxygen atoms in total. The number of carbonyl (C=O) groups excluding carboxylic acids is 1. The third-order valence-corrected chi connectivity index (χ3v) is 6.83. The molecular formula is C21H22FN3O3S. The summed E-state index contributed by atoms with van der Waals surface area (Å²) in [7, 11) is -2.43. The molecule has 0 bridgehead atoms. The predicted octanol–water partition coefficient (Wildman–Crippen LogP) is 3.71. The molecule has 1 fully saturated rings. The van der Waals surface area contributed by atoms with Gasteiger partial charge in [-0.2, -0.15) is 10.6 Å². The van der Waals surface area contributed by atoms with Crippen LogP contribution in [-0.2, 0) is 6.54 Å². The highest BCUT2D eigenvalue weighted by molar-refractivity contribution is 8.24. The Bertz CT molecular complexity index is 1060. The van der Waals surface area contributed by atoms with Gasteiger partial charge in [0.05, 0.1) is 17.0 Å². The summed E-state index contributed by atoms with van der Waals surface area (Å²) in [5, 5.41) is 0.846. The Hall–Kier alpha value is -2.52. The molecule has 0 spiro atoms. The molecule has 1 aliphatic heterocycles. The average molecular weight is 415 g/mol. The van der Waals surface area contributed by atoms with E-state index in [1.54, 1.807) is 18.2 Å². The Balaban J connectivity index is 1.70. The lowest BCUT2D eigenvalue weighted by atomic mass is 9.98. The van der Waals surface area contributed by atoms with E-state index in [0.29, 0.717) is 36.7 Å². The van der Waals surface area contributed by atoms with Gasteiger partial charge in [-0.3, -0.25) is 18.8 Å². The van der Waals surface area contributed by atoms with Crippen LogP contribution < -0.4 is 5.73 Å². The summed E-state index contributed by atoms with van der Waals surface area (Å²) >= 11 is 0. The Morgan fingerprint density at radius 2 is 1.79 bits per heavy atom. The summed E-state index contributed by atoms with van der Waals surface area (Å²) in [5.74, 6) is -0.178. The number of nitrogens with two attached hydrogens (primary N) is 1. The summed E-state index contributed by atoms with van der Waals surface area (Å²) in [6, 6.07) is 13.6. The maximum Gasteiger partial charge on any atom is 0.267 e. The van der Waals surface area contributed by atoms with Gasteiger partial charge in [0.2, 0.25) is 0 Å². The first-order valence-corrected chi connectivity index (χ1v) is 11.1. The minimum Gasteiger partial charge on any atom is -0.364 e. The fraction of sp³-hybridized carbons (Fsp3) is 0.238. The van der Waals surface area contributed by atoms with Gasteiger partial charge in [0, 0.05) is 25.0 Å². The van der Waals surface area contributed by atoms with Crippen molar-refractivity contribution < 1.29 is 18.3 Å². The van der Waals surface area contributed by atoms with E-state index in [0.717, 1.165) is 22.1 Å². The van der Waals surface area contributed by atoms with Gasteiger partial charge in [0.1, 0.15) is 11.5 Å². The van der Waals surface area contributed by atoms with E-state index in [4.69, 9.17) is 5.73 Å². The highest BCUT2D eigenvalue weighted by Gasteiger charge is 2.22. The van der Waals surface area contributed by atoms with Crippen LogP contribution in [0.4, 0.5) is 4.39 Å². The topological polar surface area (TPSA) is 99.7 Å². The van der Waals surface area contributed by atoms with E-state index in [-0.39, 0.29) is 11.5 Å². The van der Waals surface area contributed by atoms with Crippen molar-refractivity contribution in [2.45, 2.75) is 6.54 Å². The van der Waals surface area contributed by atoms with Gasteiger partial charge >= 0.3 is 0 Å². The van der Waals surface area contributed by atoms with Gasteiger partial charge in [-0.1, -0.05) is 24.3 Å². The summed E-state index contributed by atoms with van der Waals surface area (Å²) in [4.78, 5) is 18.4. The van der Waals surface area contributed by atoms with Crippen molar-refractivity contribution in [2.75, 3.05) is 24.6 Å². The number of carbonyl (C=O) groups is 1. The zero-order valence-electron chi connectivity index (χ0n) is 15.7. The van der Waals surface area contributed by atoms with Gasteiger partial charge in [-0.05, 0) is 41.0 Å². The van der Waals surface area contributed by atoms with Crippen LogP contribution in [0.25, 0.3) is 22.0 Å². The number of hydrogen-bond acceptors (Lipinski definition) is 5. The number of aromatic nitrogens is 1.